The molecule has 1 aromatic rings. The van der Waals surface area contributed by atoms with E-state index >= 15 is 0 Å². The van der Waals surface area contributed by atoms with Crippen molar-refractivity contribution in [3.05, 3.63) is 11.1 Å². The Morgan fingerprint density at radius 1 is 1.58 bits per heavy atom. The van der Waals surface area contributed by atoms with Crippen molar-refractivity contribution < 1.29 is 9.78 Å². The van der Waals surface area contributed by atoms with Gasteiger partial charge in [-0.1, -0.05) is 0 Å². The van der Waals surface area contributed by atoms with E-state index in [0.717, 1.165) is 12.1 Å². The van der Waals surface area contributed by atoms with Crippen molar-refractivity contribution in [3.8, 4) is 0 Å². The van der Waals surface area contributed by atoms with Gasteiger partial charge in [0, 0.05) is 11.8 Å². The number of anilines is 1. The molecular weight excluding hydrogens is 176 g/mol. The molecule has 0 radical (unpaired) electrons. The zero-order valence-electron chi connectivity index (χ0n) is 6.95. The first kappa shape index (κ1) is 9.44. The summed E-state index contributed by atoms with van der Waals surface area (Å²) in [4.78, 5) is 13.6. The van der Waals surface area contributed by atoms with E-state index in [0.29, 0.717) is 18.3 Å². The van der Waals surface area contributed by atoms with Gasteiger partial charge in [0.2, 0.25) is 0 Å². The molecule has 12 heavy (non-hydrogen) atoms. The molecule has 0 amide bonds. The minimum Gasteiger partial charge on any atom is -0.375 e. The monoisotopic (exact) mass is 188 g/mol. The summed E-state index contributed by atoms with van der Waals surface area (Å²) in [5.74, 6) is 0. The molecule has 5 heteroatoms. The Kier molecular flexibility index (Phi) is 3.99. The van der Waals surface area contributed by atoms with E-state index in [9.17, 15) is 0 Å². The van der Waals surface area contributed by atoms with Crippen molar-refractivity contribution >= 4 is 16.5 Å². The standard InChI is InChI=1S/C7H12N2O2S/c1-2-10-11-4-3-6-5-12-7(8)9-6/h5H,2-4H2,1H3,(H2,8,9). The molecule has 0 fully saturated rings. The van der Waals surface area contributed by atoms with Gasteiger partial charge >= 0.3 is 0 Å². The first-order chi connectivity index (χ1) is 5.83. The van der Waals surface area contributed by atoms with Crippen LogP contribution in [0.1, 0.15) is 12.6 Å². The van der Waals surface area contributed by atoms with Crippen molar-refractivity contribution in [1.29, 1.82) is 0 Å². The second-order valence-corrected chi connectivity index (χ2v) is 3.05. The summed E-state index contributed by atoms with van der Waals surface area (Å²) in [7, 11) is 0. The molecule has 0 spiro atoms. The lowest BCUT2D eigenvalue weighted by atomic mass is 10.4. The molecule has 0 aliphatic heterocycles. The minimum atomic E-state index is 0.525. The zero-order valence-corrected chi connectivity index (χ0v) is 7.76. The van der Waals surface area contributed by atoms with Crippen LogP contribution in [0.4, 0.5) is 5.13 Å². The van der Waals surface area contributed by atoms with Crippen molar-refractivity contribution in [2.45, 2.75) is 13.3 Å². The predicted molar refractivity (Wildman–Crippen MR) is 47.8 cm³/mol. The van der Waals surface area contributed by atoms with Gasteiger partial charge in [-0.3, -0.25) is 0 Å². The molecule has 2 N–H and O–H groups in total. The van der Waals surface area contributed by atoms with Crippen LogP contribution in [0.2, 0.25) is 0 Å². The number of nitrogens with two attached hydrogens (primary N) is 1. The van der Waals surface area contributed by atoms with Crippen LogP contribution in [-0.2, 0) is 16.2 Å². The number of hydrogen-bond donors (Lipinski definition) is 1. The van der Waals surface area contributed by atoms with E-state index in [-0.39, 0.29) is 0 Å². The average Bonchev–Trinajstić information content (AvgIpc) is 2.45. The summed E-state index contributed by atoms with van der Waals surface area (Å²) in [6.07, 6.45) is 0.744. The molecule has 0 aliphatic rings. The second kappa shape index (κ2) is 5.08. The third-order valence-corrected chi connectivity index (χ3v) is 1.93. The quantitative estimate of drug-likeness (QED) is 0.429. The highest BCUT2D eigenvalue weighted by Crippen LogP contribution is 2.11. The first-order valence-electron chi connectivity index (χ1n) is 3.77. The molecule has 0 aromatic carbocycles. The van der Waals surface area contributed by atoms with E-state index in [4.69, 9.17) is 15.5 Å². The first-order valence-corrected chi connectivity index (χ1v) is 4.65. The molecule has 0 bridgehead atoms. The maximum atomic E-state index is 5.44. The summed E-state index contributed by atoms with van der Waals surface area (Å²) in [5, 5.41) is 2.52. The Hall–Kier alpha value is -0.650. The summed E-state index contributed by atoms with van der Waals surface area (Å²) in [5.41, 5.74) is 6.40. The fourth-order valence-corrected chi connectivity index (χ4v) is 1.32. The Bertz CT molecular complexity index is 227. The van der Waals surface area contributed by atoms with Crippen molar-refractivity contribution in [2.24, 2.45) is 0 Å². The van der Waals surface area contributed by atoms with Gasteiger partial charge < -0.3 is 5.73 Å². The molecule has 0 unspecified atom stereocenters. The van der Waals surface area contributed by atoms with Crippen LogP contribution in [0.25, 0.3) is 0 Å². The van der Waals surface area contributed by atoms with Crippen LogP contribution in [0.15, 0.2) is 5.38 Å². The fraction of sp³-hybridized carbons (Fsp3) is 0.571. The minimum absolute atomic E-state index is 0.525. The van der Waals surface area contributed by atoms with Gasteiger partial charge in [0.25, 0.3) is 0 Å². The lowest BCUT2D eigenvalue weighted by molar-refractivity contribution is -0.290. The smallest absolute Gasteiger partial charge is 0.180 e. The molecule has 0 saturated carbocycles. The number of nitrogens with zero attached hydrogens (tertiary/aromatic N) is 1. The summed E-state index contributed by atoms with van der Waals surface area (Å²) in [6.45, 7) is 2.97. The van der Waals surface area contributed by atoms with E-state index in [1.165, 1.54) is 11.3 Å². The Balaban J connectivity index is 2.15. The van der Waals surface area contributed by atoms with Crippen LogP contribution in [0.5, 0.6) is 0 Å². The van der Waals surface area contributed by atoms with Crippen LogP contribution in [0.3, 0.4) is 0 Å². The van der Waals surface area contributed by atoms with Crippen LogP contribution in [-0.4, -0.2) is 18.2 Å². The molecule has 1 heterocycles. The van der Waals surface area contributed by atoms with Crippen molar-refractivity contribution in [2.75, 3.05) is 18.9 Å². The molecule has 0 saturated heterocycles. The summed E-state index contributed by atoms with van der Waals surface area (Å²) in [6, 6.07) is 0. The van der Waals surface area contributed by atoms with Gasteiger partial charge in [-0.05, 0) is 6.92 Å². The molecule has 1 rings (SSSR count). The normalized spacial score (nSPS) is 10.4. The number of hydrogen-bond acceptors (Lipinski definition) is 5. The van der Waals surface area contributed by atoms with Crippen LogP contribution < -0.4 is 5.73 Å². The number of aromatic nitrogens is 1. The molecule has 0 atom stereocenters. The third-order valence-electron chi connectivity index (χ3n) is 1.21. The van der Waals surface area contributed by atoms with E-state index < -0.39 is 0 Å². The van der Waals surface area contributed by atoms with Gasteiger partial charge in [0.1, 0.15) is 0 Å². The van der Waals surface area contributed by atoms with Gasteiger partial charge in [-0.25, -0.2) is 14.8 Å². The number of thiazole rings is 1. The Morgan fingerprint density at radius 2 is 2.42 bits per heavy atom. The Morgan fingerprint density at radius 3 is 3.00 bits per heavy atom. The zero-order chi connectivity index (χ0) is 8.81. The molecule has 68 valence electrons. The number of nitrogen functional groups attached to an aromatic ring is 1. The third kappa shape index (κ3) is 3.17. The van der Waals surface area contributed by atoms with Crippen LogP contribution >= 0.6 is 11.3 Å². The second-order valence-electron chi connectivity index (χ2n) is 2.16. The van der Waals surface area contributed by atoms with E-state index in [1.54, 1.807) is 0 Å². The Labute approximate surface area is 75.2 Å². The lowest BCUT2D eigenvalue weighted by Gasteiger charge is -1.98. The van der Waals surface area contributed by atoms with Gasteiger partial charge in [-0.15, -0.1) is 11.3 Å². The van der Waals surface area contributed by atoms with Crippen molar-refractivity contribution in [1.82, 2.24) is 4.98 Å². The highest BCUT2D eigenvalue weighted by molar-refractivity contribution is 7.13. The number of rotatable bonds is 5. The van der Waals surface area contributed by atoms with Crippen molar-refractivity contribution in [3.63, 3.8) is 0 Å². The predicted octanol–water partition coefficient (Wildman–Crippen LogP) is 1.24. The SMILES string of the molecule is CCOOCCc1csc(N)n1. The fourth-order valence-electron chi connectivity index (χ4n) is 0.726. The molecule has 0 aliphatic carbocycles. The lowest BCUT2D eigenvalue weighted by Crippen LogP contribution is -2.00. The topological polar surface area (TPSA) is 57.4 Å². The van der Waals surface area contributed by atoms with E-state index in [2.05, 4.69) is 4.98 Å². The molecule has 1 aromatic heterocycles. The van der Waals surface area contributed by atoms with E-state index in [1.807, 2.05) is 12.3 Å². The summed E-state index contributed by atoms with van der Waals surface area (Å²) >= 11 is 1.44. The maximum absolute atomic E-state index is 5.44. The molecule has 4 nitrogen and oxygen atoms in total. The maximum Gasteiger partial charge on any atom is 0.180 e. The highest BCUT2D eigenvalue weighted by Gasteiger charge is 1.98. The highest BCUT2D eigenvalue weighted by atomic mass is 32.1. The van der Waals surface area contributed by atoms with Gasteiger partial charge in [0.05, 0.1) is 18.9 Å². The summed E-state index contributed by atoms with van der Waals surface area (Å²) < 4.78 is 0. The van der Waals surface area contributed by atoms with Crippen LogP contribution in [0, 0.1) is 0 Å². The van der Waals surface area contributed by atoms with Gasteiger partial charge in [0.15, 0.2) is 5.13 Å². The van der Waals surface area contributed by atoms with Gasteiger partial charge in [-0.2, -0.15) is 0 Å². The average molecular weight is 188 g/mol. The largest absolute Gasteiger partial charge is 0.375 e. The molecular formula is C7H12N2O2S.